The largest absolute Gasteiger partial charge is 0.489 e. The van der Waals surface area contributed by atoms with Crippen molar-refractivity contribution >= 4 is 28.1 Å². The third kappa shape index (κ3) is 2.90. The number of hydrogen-bond donors (Lipinski definition) is 1. The summed E-state index contributed by atoms with van der Waals surface area (Å²) in [4.78, 5) is 0. The molecular formula is C12H12ClN3O2S. The lowest BCUT2D eigenvalue weighted by Gasteiger charge is -2.11. The minimum atomic E-state index is 0.582. The maximum absolute atomic E-state index is 6.23. The van der Waals surface area contributed by atoms with Crippen molar-refractivity contribution in [2.24, 2.45) is 0 Å². The van der Waals surface area contributed by atoms with E-state index in [1.165, 1.54) is 11.5 Å². The standard InChI is InChI=1S/C12H12ClN3O2S/c13-9-4-8(6-14-11-7-15-16-19-11)5-10-12(9)18-3-1-2-17-10/h4-5,7,14H,1-3,6H2. The molecule has 0 spiro atoms. The number of ether oxygens (including phenoxy) is 2. The van der Waals surface area contributed by atoms with Crippen LogP contribution in [-0.2, 0) is 6.54 Å². The van der Waals surface area contributed by atoms with E-state index in [-0.39, 0.29) is 0 Å². The molecule has 0 bridgehead atoms. The Morgan fingerprint density at radius 1 is 1.32 bits per heavy atom. The molecule has 0 radical (unpaired) electrons. The van der Waals surface area contributed by atoms with Crippen LogP contribution in [0.5, 0.6) is 11.5 Å². The SMILES string of the molecule is Clc1cc(CNc2cnns2)cc2c1OCCCO2. The van der Waals surface area contributed by atoms with Crippen LogP contribution in [0.25, 0.3) is 0 Å². The second-order valence-corrected chi connectivity index (χ2v) is 5.28. The van der Waals surface area contributed by atoms with Crippen molar-refractivity contribution in [2.75, 3.05) is 18.5 Å². The molecule has 100 valence electrons. The van der Waals surface area contributed by atoms with Crippen molar-refractivity contribution < 1.29 is 9.47 Å². The Morgan fingerprint density at radius 2 is 2.21 bits per heavy atom. The molecule has 19 heavy (non-hydrogen) atoms. The van der Waals surface area contributed by atoms with E-state index in [1.807, 2.05) is 12.1 Å². The molecule has 0 saturated carbocycles. The normalized spacial score (nSPS) is 13.9. The monoisotopic (exact) mass is 297 g/mol. The van der Waals surface area contributed by atoms with Gasteiger partial charge in [0.1, 0.15) is 5.00 Å². The molecule has 0 atom stereocenters. The summed E-state index contributed by atoms with van der Waals surface area (Å²) in [5, 5.41) is 8.50. The highest BCUT2D eigenvalue weighted by Crippen LogP contribution is 2.38. The van der Waals surface area contributed by atoms with Crippen LogP contribution in [0.15, 0.2) is 18.3 Å². The van der Waals surface area contributed by atoms with Gasteiger partial charge >= 0.3 is 0 Å². The Balaban J connectivity index is 1.79. The average molecular weight is 298 g/mol. The summed E-state index contributed by atoms with van der Waals surface area (Å²) in [7, 11) is 0. The Labute approximate surface area is 119 Å². The molecule has 0 aliphatic carbocycles. The predicted octanol–water partition coefficient (Wildman–Crippen LogP) is 2.96. The molecule has 1 aromatic heterocycles. The van der Waals surface area contributed by atoms with Gasteiger partial charge in [0.05, 0.1) is 24.4 Å². The molecule has 7 heteroatoms. The van der Waals surface area contributed by atoms with Gasteiger partial charge in [0.25, 0.3) is 0 Å². The summed E-state index contributed by atoms with van der Waals surface area (Å²) in [5.41, 5.74) is 1.03. The van der Waals surface area contributed by atoms with Gasteiger partial charge in [0, 0.05) is 24.5 Å². The highest BCUT2D eigenvalue weighted by atomic mass is 35.5. The van der Waals surface area contributed by atoms with Crippen molar-refractivity contribution in [2.45, 2.75) is 13.0 Å². The zero-order chi connectivity index (χ0) is 13.1. The van der Waals surface area contributed by atoms with E-state index in [0.29, 0.717) is 36.3 Å². The first-order valence-corrected chi connectivity index (χ1v) is 7.07. The van der Waals surface area contributed by atoms with E-state index >= 15 is 0 Å². The van der Waals surface area contributed by atoms with Gasteiger partial charge in [-0.3, -0.25) is 0 Å². The number of fused-ring (bicyclic) bond motifs is 1. The third-order valence-electron chi connectivity index (χ3n) is 2.69. The van der Waals surface area contributed by atoms with Crippen LogP contribution < -0.4 is 14.8 Å². The van der Waals surface area contributed by atoms with Gasteiger partial charge in [-0.15, -0.1) is 5.10 Å². The first-order valence-electron chi connectivity index (χ1n) is 5.92. The van der Waals surface area contributed by atoms with Crippen LogP contribution in [0.2, 0.25) is 5.02 Å². The number of rotatable bonds is 3. The number of aromatic nitrogens is 2. The molecule has 0 saturated heterocycles. The zero-order valence-corrected chi connectivity index (χ0v) is 11.6. The second-order valence-electron chi connectivity index (χ2n) is 4.09. The second kappa shape index (κ2) is 5.63. The molecule has 1 aliphatic rings. The predicted molar refractivity (Wildman–Crippen MR) is 74.3 cm³/mol. The topological polar surface area (TPSA) is 56.3 Å². The fourth-order valence-electron chi connectivity index (χ4n) is 1.82. The molecule has 3 rings (SSSR count). The van der Waals surface area contributed by atoms with Gasteiger partial charge in [-0.05, 0) is 17.7 Å². The van der Waals surface area contributed by atoms with Crippen LogP contribution in [0.1, 0.15) is 12.0 Å². The van der Waals surface area contributed by atoms with Crippen molar-refractivity contribution in [1.82, 2.24) is 9.59 Å². The minimum Gasteiger partial charge on any atom is -0.489 e. The molecule has 1 N–H and O–H groups in total. The lowest BCUT2D eigenvalue weighted by Crippen LogP contribution is -2.00. The van der Waals surface area contributed by atoms with E-state index in [4.69, 9.17) is 21.1 Å². The maximum Gasteiger partial charge on any atom is 0.179 e. The minimum absolute atomic E-state index is 0.582. The number of anilines is 1. The van der Waals surface area contributed by atoms with E-state index in [0.717, 1.165) is 17.0 Å². The van der Waals surface area contributed by atoms with E-state index in [1.54, 1.807) is 6.20 Å². The van der Waals surface area contributed by atoms with Crippen molar-refractivity contribution in [3.63, 3.8) is 0 Å². The van der Waals surface area contributed by atoms with E-state index in [2.05, 4.69) is 14.9 Å². The summed E-state index contributed by atoms with van der Waals surface area (Å²) in [6, 6.07) is 3.84. The van der Waals surface area contributed by atoms with Gasteiger partial charge in [0.2, 0.25) is 0 Å². The highest BCUT2D eigenvalue weighted by Gasteiger charge is 2.15. The van der Waals surface area contributed by atoms with Crippen LogP contribution in [-0.4, -0.2) is 22.8 Å². The first-order chi connectivity index (χ1) is 9.33. The molecule has 0 unspecified atom stereocenters. The van der Waals surface area contributed by atoms with Crippen LogP contribution in [0.3, 0.4) is 0 Å². The Hall–Kier alpha value is -1.53. The summed E-state index contributed by atoms with van der Waals surface area (Å²) in [5.74, 6) is 1.35. The molecule has 1 aromatic carbocycles. The summed E-state index contributed by atoms with van der Waals surface area (Å²) >= 11 is 7.54. The number of nitrogens with one attached hydrogen (secondary N) is 1. The highest BCUT2D eigenvalue weighted by molar-refractivity contribution is 7.09. The Morgan fingerprint density at radius 3 is 3.05 bits per heavy atom. The van der Waals surface area contributed by atoms with Crippen molar-refractivity contribution in [3.8, 4) is 11.5 Å². The summed E-state index contributed by atoms with van der Waals surface area (Å²) in [6.45, 7) is 1.93. The molecule has 2 heterocycles. The number of hydrogen-bond acceptors (Lipinski definition) is 6. The maximum atomic E-state index is 6.23. The average Bonchev–Trinajstić information content (AvgIpc) is 2.81. The lowest BCUT2D eigenvalue weighted by atomic mass is 10.2. The molecular weight excluding hydrogens is 286 g/mol. The molecule has 0 fully saturated rings. The third-order valence-corrected chi connectivity index (χ3v) is 3.59. The number of halogens is 1. The van der Waals surface area contributed by atoms with E-state index in [9.17, 15) is 0 Å². The van der Waals surface area contributed by atoms with Crippen LogP contribution in [0.4, 0.5) is 5.00 Å². The first kappa shape index (κ1) is 12.5. The van der Waals surface area contributed by atoms with Crippen LogP contribution >= 0.6 is 23.1 Å². The fraction of sp³-hybridized carbons (Fsp3) is 0.333. The summed E-state index contributed by atoms with van der Waals surface area (Å²) < 4.78 is 15.0. The molecule has 2 aromatic rings. The van der Waals surface area contributed by atoms with Crippen LogP contribution in [0, 0.1) is 0 Å². The molecule has 5 nitrogen and oxygen atoms in total. The number of benzene rings is 1. The van der Waals surface area contributed by atoms with E-state index < -0.39 is 0 Å². The zero-order valence-electron chi connectivity index (χ0n) is 10.1. The summed E-state index contributed by atoms with van der Waals surface area (Å²) in [6.07, 6.45) is 2.56. The van der Waals surface area contributed by atoms with Gasteiger partial charge < -0.3 is 14.8 Å². The Kier molecular flexibility index (Phi) is 3.70. The van der Waals surface area contributed by atoms with Crippen molar-refractivity contribution in [1.29, 1.82) is 0 Å². The fourth-order valence-corrected chi connectivity index (χ4v) is 2.52. The molecule has 1 aliphatic heterocycles. The Bertz CT molecular complexity index is 562. The lowest BCUT2D eigenvalue weighted by molar-refractivity contribution is 0.297. The molecule has 0 amide bonds. The quantitative estimate of drug-likeness (QED) is 0.944. The van der Waals surface area contributed by atoms with Gasteiger partial charge in [0.15, 0.2) is 11.5 Å². The van der Waals surface area contributed by atoms with Gasteiger partial charge in [-0.1, -0.05) is 16.1 Å². The van der Waals surface area contributed by atoms with Crippen molar-refractivity contribution in [3.05, 3.63) is 28.9 Å². The smallest absolute Gasteiger partial charge is 0.179 e. The number of nitrogens with zero attached hydrogens (tertiary/aromatic N) is 2. The van der Waals surface area contributed by atoms with Gasteiger partial charge in [-0.25, -0.2) is 0 Å². The van der Waals surface area contributed by atoms with Gasteiger partial charge in [-0.2, -0.15) is 0 Å².